The second-order valence-electron chi connectivity index (χ2n) is 6.12. The molecule has 0 saturated heterocycles. The largest absolute Gasteiger partial charge is 0.493 e. The van der Waals surface area contributed by atoms with Crippen molar-refractivity contribution in [3.8, 4) is 5.75 Å². The van der Waals surface area contributed by atoms with Crippen molar-refractivity contribution in [1.29, 1.82) is 0 Å². The molecule has 1 atom stereocenters. The molecule has 0 radical (unpaired) electrons. The highest BCUT2D eigenvalue weighted by Crippen LogP contribution is 2.48. The summed E-state index contributed by atoms with van der Waals surface area (Å²) in [4.78, 5) is 0. The summed E-state index contributed by atoms with van der Waals surface area (Å²) >= 11 is 0. The highest BCUT2D eigenvalue weighted by atomic mass is 16.5. The fourth-order valence-electron chi connectivity index (χ4n) is 3.25. The van der Waals surface area contributed by atoms with E-state index in [4.69, 9.17) is 10.5 Å². The lowest BCUT2D eigenvalue weighted by Gasteiger charge is -2.42. The van der Waals surface area contributed by atoms with Gasteiger partial charge in [-0.15, -0.1) is 0 Å². The molecule has 1 unspecified atom stereocenters. The lowest BCUT2D eigenvalue weighted by atomic mass is 9.66. The molecule has 0 aliphatic heterocycles. The van der Waals surface area contributed by atoms with E-state index in [-0.39, 0.29) is 5.41 Å². The molecule has 0 spiro atoms. The van der Waals surface area contributed by atoms with E-state index in [1.54, 1.807) is 0 Å². The van der Waals surface area contributed by atoms with Gasteiger partial charge >= 0.3 is 0 Å². The fourth-order valence-corrected chi connectivity index (χ4v) is 3.25. The summed E-state index contributed by atoms with van der Waals surface area (Å²) in [6.45, 7) is 5.38. The van der Waals surface area contributed by atoms with E-state index < -0.39 is 6.10 Å². The van der Waals surface area contributed by atoms with Crippen LogP contribution in [0.15, 0.2) is 24.3 Å². The maximum absolute atomic E-state index is 10.9. The summed E-state index contributed by atoms with van der Waals surface area (Å²) in [5.41, 5.74) is 6.73. The minimum atomic E-state index is -0.539. The van der Waals surface area contributed by atoms with Crippen LogP contribution in [0.2, 0.25) is 0 Å². The zero-order chi connectivity index (χ0) is 14.6. The van der Waals surface area contributed by atoms with Crippen molar-refractivity contribution in [2.24, 2.45) is 17.1 Å². The number of rotatable bonds is 5. The number of aliphatic hydroxyl groups excluding tert-OH is 1. The maximum Gasteiger partial charge on any atom is 0.125 e. The molecule has 3 nitrogen and oxygen atoms in total. The first-order valence-electron chi connectivity index (χ1n) is 7.73. The second kappa shape index (κ2) is 6.59. The Morgan fingerprint density at radius 3 is 2.60 bits per heavy atom. The van der Waals surface area contributed by atoms with Gasteiger partial charge in [0.05, 0.1) is 12.7 Å². The highest BCUT2D eigenvalue weighted by molar-refractivity contribution is 5.36. The van der Waals surface area contributed by atoms with Gasteiger partial charge in [-0.1, -0.05) is 38.0 Å². The Hall–Kier alpha value is -1.06. The van der Waals surface area contributed by atoms with E-state index in [2.05, 4.69) is 6.92 Å². The number of hydrogen-bond donors (Lipinski definition) is 2. The van der Waals surface area contributed by atoms with Crippen molar-refractivity contribution >= 4 is 0 Å². The van der Waals surface area contributed by atoms with Crippen LogP contribution in [-0.2, 0) is 0 Å². The Bertz CT molecular complexity index is 425. The molecule has 0 bridgehead atoms. The van der Waals surface area contributed by atoms with Crippen LogP contribution >= 0.6 is 0 Å². The van der Waals surface area contributed by atoms with Gasteiger partial charge in [0.15, 0.2) is 0 Å². The van der Waals surface area contributed by atoms with Crippen LogP contribution in [0.25, 0.3) is 0 Å². The van der Waals surface area contributed by atoms with Gasteiger partial charge in [-0.3, -0.25) is 0 Å². The minimum Gasteiger partial charge on any atom is -0.493 e. The predicted octanol–water partition coefficient (Wildman–Crippen LogP) is 3.27. The van der Waals surface area contributed by atoms with Crippen molar-refractivity contribution in [3.63, 3.8) is 0 Å². The molecule has 3 N–H and O–H groups in total. The molecule has 2 rings (SSSR count). The van der Waals surface area contributed by atoms with Gasteiger partial charge in [0.2, 0.25) is 0 Å². The molecule has 1 saturated carbocycles. The molecule has 3 heteroatoms. The molecule has 0 heterocycles. The standard InChI is InChI=1S/C17H27NO2/c1-3-20-15-7-5-4-6-14(15)16(19)17(12-18)10-8-13(2)9-11-17/h4-7,13,16,19H,3,8-12,18H2,1-2H3. The van der Waals surface area contributed by atoms with Crippen molar-refractivity contribution in [2.75, 3.05) is 13.2 Å². The van der Waals surface area contributed by atoms with Gasteiger partial charge in [0.1, 0.15) is 5.75 Å². The lowest BCUT2D eigenvalue weighted by molar-refractivity contribution is -0.00968. The zero-order valence-corrected chi connectivity index (χ0v) is 12.6. The van der Waals surface area contributed by atoms with Crippen LogP contribution in [0.4, 0.5) is 0 Å². The Balaban J connectivity index is 2.26. The Labute approximate surface area is 122 Å². The van der Waals surface area contributed by atoms with Crippen LogP contribution < -0.4 is 10.5 Å². The smallest absolute Gasteiger partial charge is 0.125 e. The minimum absolute atomic E-state index is 0.195. The molecule has 112 valence electrons. The first kappa shape index (κ1) is 15.3. The van der Waals surface area contributed by atoms with Crippen molar-refractivity contribution in [2.45, 2.75) is 45.6 Å². The molecule has 1 aliphatic carbocycles. The van der Waals surface area contributed by atoms with E-state index >= 15 is 0 Å². The van der Waals surface area contributed by atoms with Crippen LogP contribution in [0.3, 0.4) is 0 Å². The third kappa shape index (κ3) is 2.99. The van der Waals surface area contributed by atoms with E-state index in [9.17, 15) is 5.11 Å². The van der Waals surface area contributed by atoms with E-state index in [0.717, 1.165) is 42.9 Å². The average molecular weight is 277 g/mol. The predicted molar refractivity (Wildman–Crippen MR) is 81.7 cm³/mol. The third-order valence-corrected chi connectivity index (χ3v) is 4.77. The average Bonchev–Trinajstić information content (AvgIpc) is 2.49. The molecule has 1 aromatic carbocycles. The second-order valence-corrected chi connectivity index (χ2v) is 6.12. The molecular formula is C17H27NO2. The zero-order valence-electron chi connectivity index (χ0n) is 12.6. The Morgan fingerprint density at radius 2 is 2.00 bits per heavy atom. The molecule has 20 heavy (non-hydrogen) atoms. The maximum atomic E-state index is 10.9. The molecular weight excluding hydrogens is 250 g/mol. The van der Waals surface area contributed by atoms with Gasteiger partial charge < -0.3 is 15.6 Å². The van der Waals surface area contributed by atoms with E-state index in [1.807, 2.05) is 31.2 Å². The van der Waals surface area contributed by atoms with E-state index in [1.165, 1.54) is 0 Å². The number of para-hydroxylation sites is 1. The SMILES string of the molecule is CCOc1ccccc1C(O)C1(CN)CCC(C)CC1. The van der Waals surface area contributed by atoms with Gasteiger partial charge in [-0.2, -0.15) is 0 Å². The number of nitrogens with two attached hydrogens (primary N) is 1. The molecule has 1 aliphatic rings. The Kier molecular flexibility index (Phi) is 5.06. The first-order chi connectivity index (χ1) is 9.63. The lowest BCUT2D eigenvalue weighted by Crippen LogP contribution is -2.40. The number of aliphatic hydroxyl groups is 1. The number of benzene rings is 1. The van der Waals surface area contributed by atoms with Gasteiger partial charge in [-0.05, 0) is 31.7 Å². The van der Waals surface area contributed by atoms with Crippen molar-refractivity contribution < 1.29 is 9.84 Å². The molecule has 1 fully saturated rings. The summed E-state index contributed by atoms with van der Waals surface area (Å²) < 4.78 is 5.66. The quantitative estimate of drug-likeness (QED) is 0.868. The highest BCUT2D eigenvalue weighted by Gasteiger charge is 2.41. The summed E-state index contributed by atoms with van der Waals surface area (Å²) in [6.07, 6.45) is 3.73. The third-order valence-electron chi connectivity index (χ3n) is 4.77. The van der Waals surface area contributed by atoms with E-state index in [0.29, 0.717) is 13.2 Å². The monoisotopic (exact) mass is 277 g/mol. The summed E-state index contributed by atoms with van der Waals surface area (Å²) in [6, 6.07) is 7.79. The van der Waals surface area contributed by atoms with Crippen LogP contribution in [0.5, 0.6) is 5.75 Å². The molecule has 0 aromatic heterocycles. The van der Waals surface area contributed by atoms with Gasteiger partial charge in [-0.25, -0.2) is 0 Å². The normalized spacial score (nSPS) is 28.1. The molecule has 1 aromatic rings. The van der Waals surface area contributed by atoms with Crippen molar-refractivity contribution in [1.82, 2.24) is 0 Å². The first-order valence-corrected chi connectivity index (χ1v) is 7.73. The van der Waals surface area contributed by atoms with Crippen LogP contribution in [0, 0.1) is 11.3 Å². The summed E-state index contributed by atoms with van der Waals surface area (Å²) in [7, 11) is 0. The fraction of sp³-hybridized carbons (Fsp3) is 0.647. The van der Waals surface area contributed by atoms with Crippen molar-refractivity contribution in [3.05, 3.63) is 29.8 Å². The van der Waals surface area contributed by atoms with Crippen LogP contribution in [0.1, 0.15) is 51.2 Å². The van der Waals surface area contributed by atoms with Crippen LogP contribution in [-0.4, -0.2) is 18.3 Å². The summed E-state index contributed by atoms with van der Waals surface area (Å²) in [5, 5.41) is 10.9. The van der Waals surface area contributed by atoms with Gasteiger partial charge in [0, 0.05) is 17.5 Å². The van der Waals surface area contributed by atoms with Gasteiger partial charge in [0.25, 0.3) is 0 Å². The summed E-state index contributed by atoms with van der Waals surface area (Å²) in [5.74, 6) is 1.53. The topological polar surface area (TPSA) is 55.5 Å². The number of hydrogen-bond acceptors (Lipinski definition) is 3. The molecule has 0 amide bonds. The Morgan fingerprint density at radius 1 is 1.35 bits per heavy atom. The number of ether oxygens (including phenoxy) is 1.